The molecule has 0 aromatic heterocycles. The maximum atomic E-state index is 12.1. The first kappa shape index (κ1) is 17.4. The van der Waals surface area contributed by atoms with Gasteiger partial charge in [0.05, 0.1) is 5.69 Å². The van der Waals surface area contributed by atoms with E-state index in [1.54, 1.807) is 11.2 Å². The van der Waals surface area contributed by atoms with E-state index in [0.717, 1.165) is 22.6 Å². The standard InChI is InChI=1S/C19H23NO2S/c1-5-20(19(21)23-4)17-9-7-6-8-16(17)13-22-18-11-10-14(2)12-15(18)3/h6-12H,5,13H2,1-4H3. The van der Waals surface area contributed by atoms with Crippen LogP contribution in [0.3, 0.4) is 0 Å². The van der Waals surface area contributed by atoms with E-state index in [9.17, 15) is 4.79 Å². The molecular formula is C19H23NO2S. The number of aryl methyl sites for hydroxylation is 2. The molecule has 0 aliphatic heterocycles. The maximum Gasteiger partial charge on any atom is 0.285 e. The Morgan fingerprint density at radius 1 is 1.17 bits per heavy atom. The molecule has 2 aromatic rings. The summed E-state index contributed by atoms with van der Waals surface area (Å²) in [6.07, 6.45) is 1.81. The molecule has 0 aliphatic rings. The molecule has 0 saturated carbocycles. The van der Waals surface area contributed by atoms with Crippen LogP contribution >= 0.6 is 11.8 Å². The topological polar surface area (TPSA) is 29.5 Å². The van der Waals surface area contributed by atoms with Crippen molar-refractivity contribution >= 4 is 22.7 Å². The highest BCUT2D eigenvalue weighted by molar-refractivity contribution is 8.13. The Balaban J connectivity index is 2.22. The van der Waals surface area contributed by atoms with E-state index in [1.807, 2.05) is 50.2 Å². The number of rotatable bonds is 5. The first-order valence-corrected chi connectivity index (χ1v) is 8.92. The van der Waals surface area contributed by atoms with Crippen molar-refractivity contribution in [2.45, 2.75) is 27.4 Å². The molecule has 0 heterocycles. The Morgan fingerprint density at radius 2 is 1.91 bits per heavy atom. The van der Waals surface area contributed by atoms with E-state index < -0.39 is 0 Å². The van der Waals surface area contributed by atoms with Gasteiger partial charge in [0.25, 0.3) is 5.24 Å². The molecule has 0 bridgehead atoms. The van der Waals surface area contributed by atoms with Gasteiger partial charge in [-0.25, -0.2) is 0 Å². The van der Waals surface area contributed by atoms with E-state index in [4.69, 9.17) is 4.74 Å². The maximum absolute atomic E-state index is 12.1. The van der Waals surface area contributed by atoms with Crippen LogP contribution in [-0.4, -0.2) is 18.0 Å². The van der Waals surface area contributed by atoms with Crippen LogP contribution in [0, 0.1) is 13.8 Å². The molecule has 122 valence electrons. The number of amides is 1. The first-order chi connectivity index (χ1) is 11.1. The smallest absolute Gasteiger partial charge is 0.285 e. The zero-order valence-electron chi connectivity index (χ0n) is 14.1. The highest BCUT2D eigenvalue weighted by Crippen LogP contribution is 2.26. The van der Waals surface area contributed by atoms with E-state index >= 15 is 0 Å². The molecule has 3 nitrogen and oxygen atoms in total. The number of thioether (sulfide) groups is 1. The zero-order valence-corrected chi connectivity index (χ0v) is 14.9. The summed E-state index contributed by atoms with van der Waals surface area (Å²) in [6.45, 7) is 7.18. The minimum atomic E-state index is 0.0477. The van der Waals surface area contributed by atoms with Gasteiger partial charge in [0, 0.05) is 12.1 Å². The fraction of sp³-hybridized carbons (Fsp3) is 0.316. The minimum Gasteiger partial charge on any atom is -0.489 e. The lowest BCUT2D eigenvalue weighted by molar-refractivity contribution is 0.265. The monoisotopic (exact) mass is 329 g/mol. The molecule has 23 heavy (non-hydrogen) atoms. The van der Waals surface area contributed by atoms with Crippen LogP contribution in [0.4, 0.5) is 10.5 Å². The van der Waals surface area contributed by atoms with Crippen molar-refractivity contribution in [2.24, 2.45) is 0 Å². The zero-order chi connectivity index (χ0) is 16.8. The van der Waals surface area contributed by atoms with E-state index in [1.165, 1.54) is 17.3 Å². The number of para-hydroxylation sites is 1. The van der Waals surface area contributed by atoms with Gasteiger partial charge >= 0.3 is 0 Å². The normalized spacial score (nSPS) is 10.4. The van der Waals surface area contributed by atoms with Crippen molar-refractivity contribution in [3.8, 4) is 5.75 Å². The van der Waals surface area contributed by atoms with Crippen LogP contribution in [0.1, 0.15) is 23.6 Å². The molecule has 0 spiro atoms. The average Bonchev–Trinajstić information content (AvgIpc) is 2.55. The quantitative estimate of drug-likeness (QED) is 0.756. The number of nitrogens with zero attached hydrogens (tertiary/aromatic N) is 1. The number of hydrogen-bond acceptors (Lipinski definition) is 3. The highest BCUT2D eigenvalue weighted by atomic mass is 32.2. The van der Waals surface area contributed by atoms with Crippen molar-refractivity contribution in [3.05, 3.63) is 59.2 Å². The van der Waals surface area contributed by atoms with Gasteiger partial charge < -0.3 is 9.64 Å². The van der Waals surface area contributed by atoms with Gasteiger partial charge in [0.2, 0.25) is 0 Å². The van der Waals surface area contributed by atoms with Crippen LogP contribution in [0.5, 0.6) is 5.75 Å². The van der Waals surface area contributed by atoms with Crippen molar-refractivity contribution < 1.29 is 9.53 Å². The second kappa shape index (κ2) is 8.06. The van der Waals surface area contributed by atoms with E-state index in [2.05, 4.69) is 13.0 Å². The molecule has 0 atom stereocenters. The van der Waals surface area contributed by atoms with Crippen molar-refractivity contribution in [1.82, 2.24) is 0 Å². The van der Waals surface area contributed by atoms with E-state index in [0.29, 0.717) is 13.2 Å². The SMILES string of the molecule is CCN(C(=O)SC)c1ccccc1COc1ccc(C)cc1C. The van der Waals surface area contributed by atoms with Gasteiger partial charge in [0.1, 0.15) is 12.4 Å². The highest BCUT2D eigenvalue weighted by Gasteiger charge is 2.16. The number of carbonyl (C=O) groups excluding carboxylic acids is 1. The molecule has 2 aromatic carbocycles. The van der Waals surface area contributed by atoms with Crippen molar-refractivity contribution in [3.63, 3.8) is 0 Å². The summed E-state index contributed by atoms with van der Waals surface area (Å²) in [5, 5.41) is 0.0477. The second-order valence-electron chi connectivity index (χ2n) is 5.40. The van der Waals surface area contributed by atoms with Gasteiger partial charge in [-0.1, -0.05) is 47.7 Å². The fourth-order valence-electron chi connectivity index (χ4n) is 2.52. The Bertz CT molecular complexity index is 685. The Kier molecular flexibility index (Phi) is 6.11. The number of carbonyl (C=O) groups is 1. The number of ether oxygens (including phenoxy) is 1. The van der Waals surface area contributed by atoms with Gasteiger partial charge in [-0.15, -0.1) is 0 Å². The van der Waals surface area contributed by atoms with Crippen LogP contribution in [-0.2, 0) is 6.61 Å². The van der Waals surface area contributed by atoms with Gasteiger partial charge in [-0.2, -0.15) is 0 Å². The third-order valence-corrected chi connectivity index (χ3v) is 4.28. The first-order valence-electron chi connectivity index (χ1n) is 7.70. The summed E-state index contributed by atoms with van der Waals surface area (Å²) in [7, 11) is 0. The second-order valence-corrected chi connectivity index (χ2v) is 6.16. The van der Waals surface area contributed by atoms with Crippen molar-refractivity contribution in [1.29, 1.82) is 0 Å². The summed E-state index contributed by atoms with van der Waals surface area (Å²) in [4.78, 5) is 13.9. The molecule has 0 unspecified atom stereocenters. The Morgan fingerprint density at radius 3 is 2.57 bits per heavy atom. The van der Waals surface area contributed by atoms with Crippen LogP contribution in [0.15, 0.2) is 42.5 Å². The number of benzene rings is 2. The van der Waals surface area contributed by atoms with Crippen LogP contribution in [0.2, 0.25) is 0 Å². The molecule has 2 rings (SSSR count). The van der Waals surface area contributed by atoms with Gasteiger partial charge in [-0.05, 0) is 44.7 Å². The lowest BCUT2D eigenvalue weighted by Gasteiger charge is -2.23. The summed E-state index contributed by atoms with van der Waals surface area (Å²) >= 11 is 1.23. The fourth-order valence-corrected chi connectivity index (χ4v) is 2.97. The molecule has 1 amide bonds. The molecule has 0 fully saturated rings. The van der Waals surface area contributed by atoms with Crippen LogP contribution in [0.25, 0.3) is 0 Å². The summed E-state index contributed by atoms with van der Waals surface area (Å²) < 4.78 is 5.98. The summed E-state index contributed by atoms with van der Waals surface area (Å²) in [5.74, 6) is 0.879. The summed E-state index contributed by atoms with van der Waals surface area (Å²) in [6, 6.07) is 14.1. The average molecular weight is 329 g/mol. The molecule has 0 saturated heterocycles. The molecule has 4 heteroatoms. The van der Waals surface area contributed by atoms with Crippen LogP contribution < -0.4 is 9.64 Å². The largest absolute Gasteiger partial charge is 0.489 e. The predicted octanol–water partition coefficient (Wildman–Crippen LogP) is 5.19. The minimum absolute atomic E-state index is 0.0477. The third-order valence-electron chi connectivity index (χ3n) is 3.71. The Labute approximate surface area is 142 Å². The molecule has 0 N–H and O–H groups in total. The predicted molar refractivity (Wildman–Crippen MR) is 98.6 cm³/mol. The van der Waals surface area contributed by atoms with E-state index in [-0.39, 0.29) is 5.24 Å². The number of hydrogen-bond donors (Lipinski definition) is 0. The molecule has 0 aliphatic carbocycles. The Hall–Kier alpha value is -1.94. The third kappa shape index (κ3) is 4.29. The lowest BCUT2D eigenvalue weighted by atomic mass is 10.1. The number of anilines is 1. The van der Waals surface area contributed by atoms with Gasteiger partial charge in [-0.3, -0.25) is 4.79 Å². The lowest BCUT2D eigenvalue weighted by Crippen LogP contribution is -2.27. The summed E-state index contributed by atoms with van der Waals surface area (Å²) in [5.41, 5.74) is 4.27. The van der Waals surface area contributed by atoms with Gasteiger partial charge in [0.15, 0.2) is 0 Å². The van der Waals surface area contributed by atoms with Crippen molar-refractivity contribution in [2.75, 3.05) is 17.7 Å². The molecule has 0 radical (unpaired) electrons. The molecular weight excluding hydrogens is 306 g/mol.